The van der Waals surface area contributed by atoms with Crippen molar-refractivity contribution in [3.8, 4) is 0 Å². The minimum absolute atomic E-state index is 0.911. The van der Waals surface area contributed by atoms with E-state index in [1.807, 2.05) is 5.51 Å². The lowest BCUT2D eigenvalue weighted by atomic mass is 10.0. The van der Waals surface area contributed by atoms with E-state index in [-0.39, 0.29) is 0 Å². The standard InChI is InChI=1S/C11H17N3S/c1-13-2-9-4-14(5-10(9)3-13)6-11-7-15-8-12-11/h7-10H,2-6H2,1H3. The Kier molecular flexibility index (Phi) is 2.50. The Morgan fingerprint density at radius 1 is 1.33 bits per heavy atom. The Balaban J connectivity index is 1.59. The average Bonchev–Trinajstić information content (AvgIpc) is 2.81. The van der Waals surface area contributed by atoms with Gasteiger partial charge in [0.15, 0.2) is 0 Å². The van der Waals surface area contributed by atoms with Gasteiger partial charge in [0, 0.05) is 38.1 Å². The van der Waals surface area contributed by atoms with Crippen LogP contribution < -0.4 is 0 Å². The summed E-state index contributed by atoms with van der Waals surface area (Å²) < 4.78 is 0. The molecule has 2 aliphatic heterocycles. The van der Waals surface area contributed by atoms with E-state index in [1.165, 1.54) is 31.9 Å². The van der Waals surface area contributed by atoms with Gasteiger partial charge in [0.25, 0.3) is 0 Å². The first-order chi connectivity index (χ1) is 7.31. The van der Waals surface area contributed by atoms with Crippen molar-refractivity contribution in [1.82, 2.24) is 14.8 Å². The number of fused-ring (bicyclic) bond motifs is 1. The first kappa shape index (κ1) is 9.75. The van der Waals surface area contributed by atoms with Gasteiger partial charge in [0.05, 0.1) is 11.2 Å². The van der Waals surface area contributed by atoms with Crippen LogP contribution in [0.3, 0.4) is 0 Å². The maximum absolute atomic E-state index is 4.36. The normalized spacial score (nSPS) is 32.3. The van der Waals surface area contributed by atoms with Gasteiger partial charge in [0.2, 0.25) is 0 Å². The van der Waals surface area contributed by atoms with Gasteiger partial charge < -0.3 is 4.90 Å². The summed E-state index contributed by atoms with van der Waals surface area (Å²) in [5, 5.41) is 2.17. The molecule has 2 aliphatic rings. The highest BCUT2D eigenvalue weighted by atomic mass is 32.1. The van der Waals surface area contributed by atoms with E-state index in [1.54, 1.807) is 11.3 Å². The molecule has 1 aromatic rings. The third-order valence-corrected chi connectivity index (χ3v) is 4.25. The maximum Gasteiger partial charge on any atom is 0.0795 e. The Bertz CT molecular complexity index is 311. The van der Waals surface area contributed by atoms with Crippen molar-refractivity contribution < 1.29 is 0 Å². The van der Waals surface area contributed by atoms with Crippen LogP contribution in [-0.4, -0.2) is 48.0 Å². The highest BCUT2D eigenvalue weighted by molar-refractivity contribution is 7.07. The van der Waals surface area contributed by atoms with Crippen LogP contribution >= 0.6 is 11.3 Å². The molecule has 0 bridgehead atoms. The fraction of sp³-hybridized carbons (Fsp3) is 0.727. The summed E-state index contributed by atoms with van der Waals surface area (Å²) in [6, 6.07) is 0. The molecule has 82 valence electrons. The van der Waals surface area contributed by atoms with Crippen LogP contribution in [0.25, 0.3) is 0 Å². The monoisotopic (exact) mass is 223 g/mol. The van der Waals surface area contributed by atoms with Crippen LogP contribution in [0.5, 0.6) is 0 Å². The third kappa shape index (κ3) is 1.94. The highest BCUT2D eigenvalue weighted by Gasteiger charge is 2.38. The smallest absolute Gasteiger partial charge is 0.0795 e. The number of thiazole rings is 1. The Labute approximate surface area is 94.7 Å². The minimum atomic E-state index is 0.911. The van der Waals surface area contributed by atoms with Gasteiger partial charge in [-0.1, -0.05) is 0 Å². The van der Waals surface area contributed by atoms with E-state index in [9.17, 15) is 0 Å². The summed E-state index contributed by atoms with van der Waals surface area (Å²) in [5.74, 6) is 1.82. The van der Waals surface area contributed by atoms with Crippen LogP contribution in [-0.2, 0) is 6.54 Å². The molecule has 4 heteroatoms. The van der Waals surface area contributed by atoms with Crippen molar-refractivity contribution in [2.75, 3.05) is 33.2 Å². The molecule has 0 saturated carbocycles. The van der Waals surface area contributed by atoms with Gasteiger partial charge in [0.1, 0.15) is 0 Å². The lowest BCUT2D eigenvalue weighted by Crippen LogP contribution is -2.26. The van der Waals surface area contributed by atoms with Gasteiger partial charge in [-0.15, -0.1) is 11.3 Å². The molecular formula is C11H17N3S. The van der Waals surface area contributed by atoms with Gasteiger partial charge in [-0.05, 0) is 18.9 Å². The molecular weight excluding hydrogens is 206 g/mol. The molecule has 2 fully saturated rings. The lowest BCUT2D eigenvalue weighted by molar-refractivity contribution is 0.270. The second kappa shape index (κ2) is 3.85. The summed E-state index contributed by atoms with van der Waals surface area (Å²) in [6.45, 7) is 6.18. The fourth-order valence-corrected chi connectivity index (χ4v) is 3.55. The largest absolute Gasteiger partial charge is 0.306 e. The van der Waals surface area contributed by atoms with Crippen molar-refractivity contribution in [3.05, 3.63) is 16.6 Å². The number of hydrogen-bond acceptors (Lipinski definition) is 4. The van der Waals surface area contributed by atoms with Crippen molar-refractivity contribution >= 4 is 11.3 Å². The van der Waals surface area contributed by atoms with Crippen LogP contribution in [0.1, 0.15) is 5.69 Å². The molecule has 15 heavy (non-hydrogen) atoms. The molecule has 3 nitrogen and oxygen atoms in total. The van der Waals surface area contributed by atoms with Crippen molar-refractivity contribution in [2.24, 2.45) is 11.8 Å². The highest BCUT2D eigenvalue weighted by Crippen LogP contribution is 2.30. The van der Waals surface area contributed by atoms with E-state index in [2.05, 4.69) is 27.2 Å². The molecule has 2 unspecified atom stereocenters. The Hall–Kier alpha value is -0.450. The summed E-state index contributed by atoms with van der Waals surface area (Å²) in [7, 11) is 2.24. The van der Waals surface area contributed by atoms with Crippen molar-refractivity contribution in [3.63, 3.8) is 0 Å². The maximum atomic E-state index is 4.36. The van der Waals surface area contributed by atoms with Crippen LogP contribution in [0.4, 0.5) is 0 Å². The predicted octanol–water partition coefficient (Wildman–Crippen LogP) is 1.14. The minimum Gasteiger partial charge on any atom is -0.306 e. The Morgan fingerprint density at radius 3 is 2.67 bits per heavy atom. The zero-order chi connectivity index (χ0) is 10.3. The average molecular weight is 223 g/mol. The van der Waals surface area contributed by atoms with E-state index in [0.29, 0.717) is 0 Å². The zero-order valence-electron chi connectivity index (χ0n) is 9.09. The van der Waals surface area contributed by atoms with E-state index >= 15 is 0 Å². The second-order valence-corrected chi connectivity index (χ2v) is 5.63. The molecule has 0 aromatic carbocycles. The third-order valence-electron chi connectivity index (χ3n) is 3.61. The molecule has 3 heterocycles. The fourth-order valence-electron chi connectivity index (χ4n) is 3.00. The molecule has 1 aromatic heterocycles. The van der Waals surface area contributed by atoms with Gasteiger partial charge >= 0.3 is 0 Å². The summed E-state index contributed by atoms with van der Waals surface area (Å²) in [4.78, 5) is 9.39. The number of likely N-dealkylation sites (tertiary alicyclic amines) is 2. The van der Waals surface area contributed by atoms with Crippen molar-refractivity contribution in [1.29, 1.82) is 0 Å². The summed E-state index contributed by atoms with van der Waals surface area (Å²) in [5.41, 5.74) is 3.17. The Morgan fingerprint density at radius 2 is 2.07 bits per heavy atom. The molecule has 0 radical (unpaired) electrons. The molecule has 0 amide bonds. The quantitative estimate of drug-likeness (QED) is 0.749. The summed E-state index contributed by atoms with van der Waals surface area (Å²) >= 11 is 1.70. The molecule has 0 spiro atoms. The van der Waals surface area contributed by atoms with Gasteiger partial charge in [-0.25, -0.2) is 4.98 Å². The number of nitrogens with zero attached hydrogens (tertiary/aromatic N) is 3. The molecule has 2 atom stereocenters. The van der Waals surface area contributed by atoms with E-state index in [4.69, 9.17) is 0 Å². The predicted molar refractivity (Wildman–Crippen MR) is 61.9 cm³/mol. The lowest BCUT2D eigenvalue weighted by Gasteiger charge is -2.17. The SMILES string of the molecule is CN1CC2CN(Cc3cscn3)CC2C1. The van der Waals surface area contributed by atoms with Crippen LogP contribution in [0.2, 0.25) is 0 Å². The number of rotatable bonds is 2. The number of aromatic nitrogens is 1. The second-order valence-electron chi connectivity index (χ2n) is 4.92. The zero-order valence-corrected chi connectivity index (χ0v) is 9.91. The number of hydrogen-bond donors (Lipinski definition) is 0. The van der Waals surface area contributed by atoms with Gasteiger partial charge in [-0.3, -0.25) is 4.90 Å². The first-order valence-electron chi connectivity index (χ1n) is 5.59. The van der Waals surface area contributed by atoms with Gasteiger partial charge in [-0.2, -0.15) is 0 Å². The first-order valence-corrected chi connectivity index (χ1v) is 6.53. The van der Waals surface area contributed by atoms with E-state index in [0.717, 1.165) is 18.4 Å². The van der Waals surface area contributed by atoms with Crippen LogP contribution in [0.15, 0.2) is 10.9 Å². The van der Waals surface area contributed by atoms with Crippen molar-refractivity contribution in [2.45, 2.75) is 6.54 Å². The van der Waals surface area contributed by atoms with E-state index < -0.39 is 0 Å². The molecule has 3 rings (SSSR count). The molecule has 2 saturated heterocycles. The topological polar surface area (TPSA) is 19.4 Å². The molecule has 0 aliphatic carbocycles. The van der Waals surface area contributed by atoms with Crippen LogP contribution in [0, 0.1) is 11.8 Å². The summed E-state index contributed by atoms with van der Waals surface area (Å²) in [6.07, 6.45) is 0. The molecule has 0 N–H and O–H groups in total.